The molecular formula is C25H25N5O4. The third kappa shape index (κ3) is 4.55. The van der Waals surface area contributed by atoms with E-state index in [9.17, 15) is 9.59 Å². The molecule has 0 saturated carbocycles. The van der Waals surface area contributed by atoms with Crippen molar-refractivity contribution in [1.29, 1.82) is 0 Å². The number of pyridine rings is 1. The highest BCUT2D eigenvalue weighted by molar-refractivity contribution is 6.06. The summed E-state index contributed by atoms with van der Waals surface area (Å²) in [5.74, 6) is 0.415. The third-order valence-corrected chi connectivity index (χ3v) is 5.98. The third-order valence-electron chi connectivity index (χ3n) is 5.98. The molecule has 1 saturated heterocycles. The maximum absolute atomic E-state index is 13.5. The summed E-state index contributed by atoms with van der Waals surface area (Å²) in [6.45, 7) is 4.89. The van der Waals surface area contributed by atoms with Crippen LogP contribution in [0.1, 0.15) is 21.6 Å². The number of aryl methyl sites for hydroxylation is 1. The number of hydrogen-bond donors (Lipinski definition) is 1. The Morgan fingerprint density at radius 3 is 2.59 bits per heavy atom. The molecule has 174 valence electrons. The minimum absolute atomic E-state index is 0.0253. The first-order valence-corrected chi connectivity index (χ1v) is 11.2. The normalized spacial score (nSPS) is 14.4. The fraction of sp³-hybridized carbons (Fsp3) is 0.280. The van der Waals surface area contributed by atoms with E-state index >= 15 is 0 Å². The first-order chi connectivity index (χ1) is 16.6. The van der Waals surface area contributed by atoms with Gasteiger partial charge in [-0.15, -0.1) is 0 Å². The highest BCUT2D eigenvalue weighted by Crippen LogP contribution is 2.28. The van der Waals surface area contributed by atoms with Crippen LogP contribution >= 0.6 is 0 Å². The molecule has 4 aromatic rings. The molecule has 0 bridgehead atoms. The van der Waals surface area contributed by atoms with E-state index in [-0.39, 0.29) is 11.8 Å². The number of aromatic nitrogens is 2. The molecule has 0 radical (unpaired) electrons. The van der Waals surface area contributed by atoms with Crippen molar-refractivity contribution >= 4 is 22.9 Å². The second-order valence-corrected chi connectivity index (χ2v) is 8.31. The van der Waals surface area contributed by atoms with Crippen molar-refractivity contribution in [2.75, 3.05) is 32.7 Å². The Bertz CT molecular complexity index is 1290. The molecule has 1 aromatic carbocycles. The summed E-state index contributed by atoms with van der Waals surface area (Å²) >= 11 is 0. The Morgan fingerprint density at radius 1 is 1.06 bits per heavy atom. The van der Waals surface area contributed by atoms with Crippen LogP contribution in [0.4, 0.5) is 0 Å². The SMILES string of the molecule is Cc1noc2nc(-c3ccco3)cc(C(=O)N3CCN(CC(=O)NCc4ccccc4)CC3)c12. The average Bonchev–Trinajstić information content (AvgIpc) is 3.53. The summed E-state index contributed by atoms with van der Waals surface area (Å²) in [6, 6.07) is 15.1. The van der Waals surface area contributed by atoms with Crippen LogP contribution in [0.15, 0.2) is 63.7 Å². The Hall–Kier alpha value is -3.98. The molecule has 4 heterocycles. The number of benzene rings is 1. The average molecular weight is 460 g/mol. The quantitative estimate of drug-likeness (QED) is 0.473. The number of carbonyl (C=O) groups excluding carboxylic acids is 2. The summed E-state index contributed by atoms with van der Waals surface area (Å²) in [4.78, 5) is 34.2. The molecule has 0 aliphatic carbocycles. The van der Waals surface area contributed by atoms with Crippen molar-refractivity contribution in [3.05, 3.63) is 71.6 Å². The van der Waals surface area contributed by atoms with Gasteiger partial charge >= 0.3 is 0 Å². The van der Waals surface area contributed by atoms with Crippen LogP contribution in [0.25, 0.3) is 22.6 Å². The summed E-state index contributed by atoms with van der Waals surface area (Å²) in [5.41, 5.74) is 3.00. The first-order valence-electron chi connectivity index (χ1n) is 11.2. The van der Waals surface area contributed by atoms with Gasteiger partial charge in [-0.25, -0.2) is 4.98 Å². The van der Waals surface area contributed by atoms with Gasteiger partial charge in [0.25, 0.3) is 11.6 Å². The molecule has 1 N–H and O–H groups in total. The van der Waals surface area contributed by atoms with Gasteiger partial charge in [0.15, 0.2) is 5.76 Å². The van der Waals surface area contributed by atoms with Crippen LogP contribution in [-0.2, 0) is 11.3 Å². The van der Waals surface area contributed by atoms with Crippen molar-refractivity contribution in [2.24, 2.45) is 0 Å². The van der Waals surface area contributed by atoms with E-state index in [0.717, 1.165) is 5.56 Å². The van der Waals surface area contributed by atoms with Gasteiger partial charge in [-0.1, -0.05) is 35.5 Å². The zero-order valence-corrected chi connectivity index (χ0v) is 18.9. The molecule has 2 amide bonds. The van der Waals surface area contributed by atoms with E-state index in [4.69, 9.17) is 8.94 Å². The van der Waals surface area contributed by atoms with Gasteiger partial charge in [0.2, 0.25) is 5.91 Å². The van der Waals surface area contributed by atoms with Crippen LogP contribution in [0.5, 0.6) is 0 Å². The van der Waals surface area contributed by atoms with Crippen molar-refractivity contribution in [2.45, 2.75) is 13.5 Å². The lowest BCUT2D eigenvalue weighted by atomic mass is 10.1. The Kier molecular flexibility index (Phi) is 6.09. The number of carbonyl (C=O) groups is 2. The van der Waals surface area contributed by atoms with Gasteiger partial charge in [0, 0.05) is 32.7 Å². The van der Waals surface area contributed by atoms with E-state index in [0.29, 0.717) is 73.1 Å². The second kappa shape index (κ2) is 9.48. The minimum atomic E-state index is -0.111. The van der Waals surface area contributed by atoms with E-state index in [1.165, 1.54) is 0 Å². The van der Waals surface area contributed by atoms with Crippen LogP contribution in [0.3, 0.4) is 0 Å². The number of hydrogen-bond acceptors (Lipinski definition) is 7. The van der Waals surface area contributed by atoms with E-state index in [1.54, 1.807) is 36.3 Å². The summed E-state index contributed by atoms with van der Waals surface area (Å²) < 4.78 is 10.8. The largest absolute Gasteiger partial charge is 0.463 e. The fourth-order valence-corrected chi connectivity index (χ4v) is 4.15. The van der Waals surface area contributed by atoms with Crippen LogP contribution in [0, 0.1) is 6.92 Å². The molecule has 0 spiro atoms. The predicted octanol–water partition coefficient (Wildman–Crippen LogP) is 2.87. The van der Waals surface area contributed by atoms with Gasteiger partial charge in [0.1, 0.15) is 5.69 Å². The number of amides is 2. The number of piperazine rings is 1. The predicted molar refractivity (Wildman–Crippen MR) is 125 cm³/mol. The van der Waals surface area contributed by atoms with Gasteiger partial charge in [-0.05, 0) is 30.7 Å². The molecule has 3 aromatic heterocycles. The van der Waals surface area contributed by atoms with E-state index in [1.807, 2.05) is 30.3 Å². The summed E-state index contributed by atoms with van der Waals surface area (Å²) in [5, 5.41) is 7.57. The van der Waals surface area contributed by atoms with E-state index < -0.39 is 0 Å². The van der Waals surface area contributed by atoms with Gasteiger partial charge in [-0.2, -0.15) is 0 Å². The Morgan fingerprint density at radius 2 is 1.85 bits per heavy atom. The number of fused-ring (bicyclic) bond motifs is 1. The van der Waals surface area contributed by atoms with Crippen molar-refractivity contribution < 1.29 is 18.5 Å². The molecule has 1 aliphatic rings. The van der Waals surface area contributed by atoms with Crippen molar-refractivity contribution in [1.82, 2.24) is 25.3 Å². The molecule has 9 heteroatoms. The van der Waals surface area contributed by atoms with Gasteiger partial charge in [-0.3, -0.25) is 14.5 Å². The lowest BCUT2D eigenvalue weighted by molar-refractivity contribution is -0.122. The number of nitrogens with one attached hydrogen (secondary N) is 1. The van der Waals surface area contributed by atoms with Gasteiger partial charge < -0.3 is 19.2 Å². The van der Waals surface area contributed by atoms with Crippen LogP contribution in [0.2, 0.25) is 0 Å². The standard InChI is InChI=1S/C25H25N5O4/c1-17-23-19(14-20(21-8-5-13-33-21)27-24(23)34-28-17)25(32)30-11-9-29(10-12-30)16-22(31)26-15-18-6-3-2-4-7-18/h2-8,13-14H,9-12,15-16H2,1H3,(H,26,31). The highest BCUT2D eigenvalue weighted by Gasteiger charge is 2.27. The molecule has 0 atom stereocenters. The zero-order valence-electron chi connectivity index (χ0n) is 18.9. The van der Waals surface area contributed by atoms with Gasteiger partial charge in [0.05, 0.1) is 29.5 Å². The molecule has 0 unspecified atom stereocenters. The molecule has 1 fully saturated rings. The number of furan rings is 1. The monoisotopic (exact) mass is 459 g/mol. The smallest absolute Gasteiger partial charge is 0.259 e. The molecule has 9 nitrogen and oxygen atoms in total. The molecule has 34 heavy (non-hydrogen) atoms. The zero-order chi connectivity index (χ0) is 23.5. The maximum Gasteiger partial charge on any atom is 0.259 e. The second-order valence-electron chi connectivity index (χ2n) is 8.31. The summed E-state index contributed by atoms with van der Waals surface area (Å²) in [7, 11) is 0. The van der Waals surface area contributed by atoms with E-state index in [2.05, 4.69) is 20.4 Å². The van der Waals surface area contributed by atoms with Crippen LogP contribution in [-0.4, -0.2) is 64.5 Å². The lowest BCUT2D eigenvalue weighted by Crippen LogP contribution is -2.51. The minimum Gasteiger partial charge on any atom is -0.463 e. The Balaban J connectivity index is 1.24. The van der Waals surface area contributed by atoms with Crippen LogP contribution < -0.4 is 5.32 Å². The molecule has 5 rings (SSSR count). The molecular weight excluding hydrogens is 434 g/mol. The topological polar surface area (TPSA) is 105 Å². The maximum atomic E-state index is 13.5. The lowest BCUT2D eigenvalue weighted by Gasteiger charge is -2.34. The number of rotatable bonds is 6. The molecule has 1 aliphatic heterocycles. The number of nitrogens with zero attached hydrogens (tertiary/aromatic N) is 4. The fourth-order valence-electron chi connectivity index (χ4n) is 4.15. The highest BCUT2D eigenvalue weighted by atomic mass is 16.5. The van der Waals surface area contributed by atoms with Crippen molar-refractivity contribution in [3.8, 4) is 11.5 Å². The van der Waals surface area contributed by atoms with Crippen molar-refractivity contribution in [3.63, 3.8) is 0 Å². The Labute approximate surface area is 196 Å². The summed E-state index contributed by atoms with van der Waals surface area (Å²) in [6.07, 6.45) is 1.56. The first kappa shape index (κ1) is 21.8.